The number of hydrogen-bond acceptors (Lipinski definition) is 3. The second-order valence-electron chi connectivity index (χ2n) is 4.75. The summed E-state index contributed by atoms with van der Waals surface area (Å²) in [5.74, 6) is -1.43. The Morgan fingerprint density at radius 1 is 1.43 bits per heavy atom. The lowest BCUT2D eigenvalue weighted by atomic mass is 9.96. The molecule has 0 heterocycles. The topological polar surface area (TPSA) is 75.6 Å². The van der Waals surface area contributed by atoms with E-state index in [2.05, 4.69) is 21.2 Å². The van der Waals surface area contributed by atoms with Crippen molar-refractivity contribution >= 4 is 27.8 Å². The lowest BCUT2D eigenvalue weighted by molar-refractivity contribution is -0.148. The quantitative estimate of drug-likeness (QED) is 0.747. The monoisotopic (exact) mass is 357 g/mol. The van der Waals surface area contributed by atoms with Crippen LogP contribution in [0, 0.1) is 5.92 Å². The van der Waals surface area contributed by atoms with Gasteiger partial charge < -0.3 is 15.2 Å². The van der Waals surface area contributed by atoms with Crippen LogP contribution in [0.5, 0.6) is 0 Å². The van der Waals surface area contributed by atoms with E-state index in [0.717, 1.165) is 10.0 Å². The highest BCUT2D eigenvalue weighted by atomic mass is 79.9. The van der Waals surface area contributed by atoms with Crippen LogP contribution < -0.4 is 5.32 Å². The SMILES string of the molecule is CCC(Cc1cccc(Br)c1)C(=O)NCC(OC)C(=O)O. The smallest absolute Gasteiger partial charge is 0.334 e. The first-order chi connectivity index (χ1) is 9.97. The van der Waals surface area contributed by atoms with Gasteiger partial charge in [-0.15, -0.1) is 0 Å². The van der Waals surface area contributed by atoms with Gasteiger partial charge in [0.25, 0.3) is 0 Å². The van der Waals surface area contributed by atoms with E-state index in [1.807, 2.05) is 31.2 Å². The Bertz CT molecular complexity index is 492. The molecular formula is C15H20BrNO4. The molecule has 1 rings (SSSR count). The molecule has 0 radical (unpaired) electrons. The van der Waals surface area contributed by atoms with Crippen molar-refractivity contribution < 1.29 is 19.4 Å². The summed E-state index contributed by atoms with van der Waals surface area (Å²) >= 11 is 3.40. The Morgan fingerprint density at radius 3 is 2.67 bits per heavy atom. The van der Waals surface area contributed by atoms with Crippen molar-refractivity contribution in [2.75, 3.05) is 13.7 Å². The van der Waals surface area contributed by atoms with Gasteiger partial charge in [-0.2, -0.15) is 0 Å². The molecule has 1 aromatic rings. The van der Waals surface area contributed by atoms with E-state index in [4.69, 9.17) is 9.84 Å². The fourth-order valence-corrected chi connectivity index (χ4v) is 2.43. The lowest BCUT2D eigenvalue weighted by Crippen LogP contribution is -2.40. The van der Waals surface area contributed by atoms with Crippen LogP contribution in [0.1, 0.15) is 18.9 Å². The molecule has 0 saturated carbocycles. The minimum Gasteiger partial charge on any atom is -0.479 e. The average molecular weight is 358 g/mol. The Morgan fingerprint density at radius 2 is 2.14 bits per heavy atom. The number of carboxylic acid groups (broad SMARTS) is 1. The maximum atomic E-state index is 12.1. The van der Waals surface area contributed by atoms with Crippen molar-refractivity contribution in [3.05, 3.63) is 34.3 Å². The van der Waals surface area contributed by atoms with Crippen molar-refractivity contribution in [3.63, 3.8) is 0 Å². The first-order valence-electron chi connectivity index (χ1n) is 6.75. The first-order valence-corrected chi connectivity index (χ1v) is 7.55. The molecule has 0 aliphatic carbocycles. The third kappa shape index (κ3) is 5.85. The Kier molecular flexibility index (Phi) is 7.39. The predicted octanol–water partition coefficient (Wildman–Crippen LogP) is 2.23. The molecule has 6 heteroatoms. The highest BCUT2D eigenvalue weighted by Gasteiger charge is 2.21. The number of nitrogens with one attached hydrogen (secondary N) is 1. The second kappa shape index (κ2) is 8.79. The van der Waals surface area contributed by atoms with E-state index in [1.165, 1.54) is 7.11 Å². The number of carbonyl (C=O) groups excluding carboxylic acids is 1. The molecule has 116 valence electrons. The zero-order chi connectivity index (χ0) is 15.8. The van der Waals surface area contributed by atoms with E-state index < -0.39 is 12.1 Å². The number of rotatable bonds is 8. The minimum atomic E-state index is -1.09. The fraction of sp³-hybridized carbons (Fsp3) is 0.467. The van der Waals surface area contributed by atoms with E-state index in [-0.39, 0.29) is 18.4 Å². The molecule has 1 amide bonds. The molecule has 2 unspecified atom stereocenters. The number of aliphatic carboxylic acids is 1. The molecule has 21 heavy (non-hydrogen) atoms. The molecule has 0 aromatic heterocycles. The van der Waals surface area contributed by atoms with Crippen molar-refractivity contribution in [2.24, 2.45) is 5.92 Å². The Hall–Kier alpha value is -1.40. The zero-order valence-electron chi connectivity index (χ0n) is 12.1. The van der Waals surface area contributed by atoms with Gasteiger partial charge in [-0.3, -0.25) is 4.79 Å². The maximum absolute atomic E-state index is 12.1. The normalized spacial score (nSPS) is 13.5. The Balaban J connectivity index is 2.59. The third-order valence-corrected chi connectivity index (χ3v) is 3.75. The van der Waals surface area contributed by atoms with Crippen LogP contribution in [-0.4, -0.2) is 36.7 Å². The average Bonchev–Trinajstić information content (AvgIpc) is 2.44. The van der Waals surface area contributed by atoms with E-state index in [1.54, 1.807) is 0 Å². The third-order valence-electron chi connectivity index (χ3n) is 3.26. The summed E-state index contributed by atoms with van der Waals surface area (Å²) in [5.41, 5.74) is 1.06. The van der Waals surface area contributed by atoms with Gasteiger partial charge >= 0.3 is 5.97 Å². The van der Waals surface area contributed by atoms with Crippen LogP contribution in [0.4, 0.5) is 0 Å². The standard InChI is InChI=1S/C15H20BrNO4/c1-3-11(7-10-5-4-6-12(16)8-10)14(18)17-9-13(21-2)15(19)20/h4-6,8,11,13H,3,7,9H2,1-2H3,(H,17,18)(H,19,20). The fourth-order valence-electron chi connectivity index (χ4n) is 1.98. The highest BCUT2D eigenvalue weighted by Crippen LogP contribution is 2.17. The molecule has 0 saturated heterocycles. The van der Waals surface area contributed by atoms with Crippen LogP contribution in [0.2, 0.25) is 0 Å². The summed E-state index contributed by atoms with van der Waals surface area (Å²) in [4.78, 5) is 23.0. The van der Waals surface area contributed by atoms with Gasteiger partial charge in [0.2, 0.25) is 5.91 Å². The van der Waals surface area contributed by atoms with E-state index in [9.17, 15) is 9.59 Å². The molecule has 2 atom stereocenters. The van der Waals surface area contributed by atoms with Crippen LogP contribution in [0.25, 0.3) is 0 Å². The molecule has 2 N–H and O–H groups in total. The molecule has 0 aliphatic heterocycles. The maximum Gasteiger partial charge on any atom is 0.334 e. The van der Waals surface area contributed by atoms with Gasteiger partial charge in [-0.1, -0.05) is 35.0 Å². The van der Waals surface area contributed by atoms with Crippen LogP contribution in [-0.2, 0) is 20.7 Å². The number of halogens is 1. The van der Waals surface area contributed by atoms with Crippen molar-refractivity contribution in [3.8, 4) is 0 Å². The van der Waals surface area contributed by atoms with E-state index in [0.29, 0.717) is 12.8 Å². The van der Waals surface area contributed by atoms with Gasteiger partial charge in [0, 0.05) is 17.5 Å². The van der Waals surface area contributed by atoms with Crippen molar-refractivity contribution in [1.82, 2.24) is 5.32 Å². The molecular weight excluding hydrogens is 338 g/mol. The summed E-state index contributed by atoms with van der Waals surface area (Å²) in [6.07, 6.45) is 0.285. The summed E-state index contributed by atoms with van der Waals surface area (Å²) in [5, 5.41) is 11.5. The van der Waals surface area contributed by atoms with Crippen LogP contribution in [0.3, 0.4) is 0 Å². The number of hydrogen-bond donors (Lipinski definition) is 2. The van der Waals surface area contributed by atoms with Gasteiger partial charge in [-0.05, 0) is 30.5 Å². The summed E-state index contributed by atoms with van der Waals surface area (Å²) in [6.45, 7) is 1.91. The van der Waals surface area contributed by atoms with Gasteiger partial charge in [-0.25, -0.2) is 4.79 Å². The second-order valence-corrected chi connectivity index (χ2v) is 5.66. The van der Waals surface area contributed by atoms with Crippen LogP contribution >= 0.6 is 15.9 Å². The van der Waals surface area contributed by atoms with Crippen molar-refractivity contribution in [1.29, 1.82) is 0 Å². The molecule has 5 nitrogen and oxygen atoms in total. The number of carboxylic acids is 1. The van der Waals surface area contributed by atoms with E-state index >= 15 is 0 Å². The first kappa shape index (κ1) is 17.7. The largest absolute Gasteiger partial charge is 0.479 e. The van der Waals surface area contributed by atoms with Gasteiger partial charge in [0.05, 0.1) is 6.54 Å². The molecule has 0 aliphatic rings. The number of benzene rings is 1. The van der Waals surface area contributed by atoms with Gasteiger partial charge in [0.15, 0.2) is 6.10 Å². The molecule has 0 bridgehead atoms. The van der Waals surface area contributed by atoms with Crippen LogP contribution in [0.15, 0.2) is 28.7 Å². The molecule has 1 aromatic carbocycles. The molecule has 0 fully saturated rings. The number of methoxy groups -OCH3 is 1. The number of amides is 1. The zero-order valence-corrected chi connectivity index (χ0v) is 13.7. The summed E-state index contributed by atoms with van der Waals surface area (Å²) in [7, 11) is 1.31. The number of ether oxygens (including phenoxy) is 1. The summed E-state index contributed by atoms with van der Waals surface area (Å²) in [6, 6.07) is 7.80. The molecule has 0 spiro atoms. The van der Waals surface area contributed by atoms with Crippen molar-refractivity contribution in [2.45, 2.75) is 25.9 Å². The summed E-state index contributed by atoms with van der Waals surface area (Å²) < 4.78 is 5.76. The minimum absolute atomic E-state index is 0.0281. The predicted molar refractivity (Wildman–Crippen MR) is 83.1 cm³/mol. The lowest BCUT2D eigenvalue weighted by Gasteiger charge is -2.17. The Labute approximate surface area is 132 Å². The number of carbonyl (C=O) groups is 2. The van der Waals surface area contributed by atoms with Gasteiger partial charge in [0.1, 0.15) is 0 Å². The highest BCUT2D eigenvalue weighted by molar-refractivity contribution is 9.10.